The second kappa shape index (κ2) is 4.08. The molecule has 1 N–H and O–H groups in total. The Bertz CT molecular complexity index is 547. The fraction of sp³-hybridized carbons (Fsp3) is 0.167. The monoisotopic (exact) mass is 238 g/mol. The first-order chi connectivity index (χ1) is 7.99. The van der Waals surface area contributed by atoms with Crippen LogP contribution in [0, 0.1) is 11.6 Å². The molecule has 5 heteroatoms. The Morgan fingerprint density at radius 2 is 2.00 bits per heavy atom. The van der Waals surface area contributed by atoms with Gasteiger partial charge in [-0.1, -0.05) is 0 Å². The van der Waals surface area contributed by atoms with Crippen LogP contribution in [0.25, 0.3) is 0 Å². The molecule has 2 rings (SSSR count). The Labute approximate surface area is 95.4 Å². The minimum atomic E-state index is -1.24. The molecule has 1 aromatic carbocycles. The third-order valence-electron chi connectivity index (χ3n) is 2.64. The van der Waals surface area contributed by atoms with Crippen LogP contribution in [0.3, 0.4) is 0 Å². The molecule has 0 spiro atoms. The second-order valence-corrected chi connectivity index (χ2v) is 3.75. The fourth-order valence-electron chi connectivity index (χ4n) is 1.89. The maximum absolute atomic E-state index is 13.4. The zero-order valence-electron chi connectivity index (χ0n) is 8.67. The molecule has 0 amide bonds. The van der Waals surface area contributed by atoms with Gasteiger partial charge in [-0.25, -0.2) is 13.6 Å². The van der Waals surface area contributed by atoms with Crippen LogP contribution >= 0.6 is 0 Å². The van der Waals surface area contributed by atoms with Gasteiger partial charge in [0.2, 0.25) is 0 Å². The first kappa shape index (κ1) is 11.4. The molecule has 3 nitrogen and oxygen atoms in total. The lowest BCUT2D eigenvalue weighted by molar-refractivity contribution is -0.131. The second-order valence-electron chi connectivity index (χ2n) is 3.75. The van der Waals surface area contributed by atoms with Crippen molar-refractivity contribution in [3.05, 3.63) is 46.5 Å². The third-order valence-corrected chi connectivity index (χ3v) is 2.64. The number of Topliss-reactive ketones (excluding diaryl/α,β-unsaturated/α-hetero) is 1. The van der Waals surface area contributed by atoms with E-state index >= 15 is 0 Å². The van der Waals surface area contributed by atoms with E-state index < -0.39 is 23.4 Å². The number of carbonyl (C=O) groups excluding carboxylic acids is 1. The number of carbonyl (C=O) groups is 2. The van der Waals surface area contributed by atoms with Gasteiger partial charge in [0.25, 0.3) is 0 Å². The Balaban J connectivity index is 2.53. The Kier molecular flexibility index (Phi) is 2.75. The SMILES string of the molecule is O=C(O)C=C1CCc2c(F)cc(F)cc2C1=O. The summed E-state index contributed by atoms with van der Waals surface area (Å²) in [6, 6.07) is 1.66. The fourth-order valence-corrected chi connectivity index (χ4v) is 1.89. The molecule has 0 atom stereocenters. The quantitative estimate of drug-likeness (QED) is 0.762. The summed E-state index contributed by atoms with van der Waals surface area (Å²) in [6.07, 6.45) is 1.14. The summed E-state index contributed by atoms with van der Waals surface area (Å²) >= 11 is 0. The van der Waals surface area contributed by atoms with Gasteiger partial charge in [0.1, 0.15) is 11.6 Å². The van der Waals surface area contributed by atoms with Gasteiger partial charge in [0, 0.05) is 23.3 Å². The van der Waals surface area contributed by atoms with Crippen LogP contribution in [0.2, 0.25) is 0 Å². The molecular formula is C12H8F2O3. The predicted octanol–water partition coefficient (Wildman–Crippen LogP) is 2.10. The number of carboxylic acids is 1. The topological polar surface area (TPSA) is 54.4 Å². The number of hydrogen-bond donors (Lipinski definition) is 1. The van der Waals surface area contributed by atoms with E-state index in [0.29, 0.717) is 0 Å². The highest BCUT2D eigenvalue weighted by Gasteiger charge is 2.25. The van der Waals surface area contributed by atoms with E-state index in [9.17, 15) is 18.4 Å². The van der Waals surface area contributed by atoms with E-state index in [1.165, 1.54) is 0 Å². The van der Waals surface area contributed by atoms with Gasteiger partial charge >= 0.3 is 5.97 Å². The van der Waals surface area contributed by atoms with Crippen molar-refractivity contribution in [3.8, 4) is 0 Å². The molecule has 1 aliphatic carbocycles. The van der Waals surface area contributed by atoms with Gasteiger partial charge in [0.05, 0.1) is 0 Å². The molecule has 0 fully saturated rings. The summed E-state index contributed by atoms with van der Waals surface area (Å²) in [5, 5.41) is 8.56. The highest BCUT2D eigenvalue weighted by atomic mass is 19.1. The van der Waals surface area contributed by atoms with Crippen molar-refractivity contribution in [2.24, 2.45) is 0 Å². The van der Waals surface area contributed by atoms with Crippen LogP contribution in [-0.2, 0) is 11.2 Å². The maximum atomic E-state index is 13.4. The lowest BCUT2D eigenvalue weighted by Crippen LogP contribution is -2.17. The molecule has 0 radical (unpaired) electrons. The zero-order valence-corrected chi connectivity index (χ0v) is 8.67. The lowest BCUT2D eigenvalue weighted by atomic mass is 9.86. The number of benzene rings is 1. The van der Waals surface area contributed by atoms with Gasteiger partial charge in [-0.2, -0.15) is 0 Å². The smallest absolute Gasteiger partial charge is 0.328 e. The van der Waals surface area contributed by atoms with Crippen LogP contribution < -0.4 is 0 Å². The molecule has 0 saturated heterocycles. The van der Waals surface area contributed by atoms with Crippen molar-refractivity contribution < 1.29 is 23.5 Å². The van der Waals surface area contributed by atoms with Crippen LogP contribution in [0.1, 0.15) is 22.3 Å². The van der Waals surface area contributed by atoms with Crippen molar-refractivity contribution in [1.29, 1.82) is 0 Å². The number of hydrogen-bond acceptors (Lipinski definition) is 2. The number of allylic oxidation sites excluding steroid dienone is 1. The number of halogens is 2. The van der Waals surface area contributed by atoms with Gasteiger partial charge in [0.15, 0.2) is 5.78 Å². The van der Waals surface area contributed by atoms with Crippen LogP contribution in [0.5, 0.6) is 0 Å². The van der Waals surface area contributed by atoms with E-state index in [4.69, 9.17) is 5.11 Å². The molecule has 1 aromatic rings. The molecular weight excluding hydrogens is 230 g/mol. The first-order valence-corrected chi connectivity index (χ1v) is 4.95. The van der Waals surface area contributed by atoms with E-state index in [1.807, 2.05) is 0 Å². The molecule has 0 saturated carbocycles. The maximum Gasteiger partial charge on any atom is 0.328 e. The van der Waals surface area contributed by atoms with Crippen LogP contribution in [-0.4, -0.2) is 16.9 Å². The van der Waals surface area contributed by atoms with E-state index in [2.05, 4.69) is 0 Å². The molecule has 88 valence electrons. The normalized spacial score (nSPS) is 17.1. The average Bonchev–Trinajstić information content (AvgIpc) is 2.22. The molecule has 0 aliphatic heterocycles. The Morgan fingerprint density at radius 3 is 2.65 bits per heavy atom. The minimum Gasteiger partial charge on any atom is -0.478 e. The molecule has 0 unspecified atom stereocenters. The van der Waals surface area contributed by atoms with Crippen molar-refractivity contribution in [1.82, 2.24) is 0 Å². The van der Waals surface area contributed by atoms with Gasteiger partial charge in [-0.3, -0.25) is 4.79 Å². The number of ketones is 1. The van der Waals surface area contributed by atoms with Crippen molar-refractivity contribution in [2.75, 3.05) is 0 Å². The van der Waals surface area contributed by atoms with Crippen LogP contribution in [0.4, 0.5) is 8.78 Å². The highest BCUT2D eigenvalue weighted by Crippen LogP contribution is 2.27. The Morgan fingerprint density at radius 1 is 1.29 bits per heavy atom. The summed E-state index contributed by atoms with van der Waals surface area (Å²) in [6.45, 7) is 0. The molecule has 0 aromatic heterocycles. The molecule has 0 heterocycles. The average molecular weight is 238 g/mol. The van der Waals surface area contributed by atoms with E-state index in [1.54, 1.807) is 0 Å². The van der Waals surface area contributed by atoms with E-state index in [-0.39, 0.29) is 29.5 Å². The number of fused-ring (bicyclic) bond motifs is 1. The standard InChI is InChI=1S/C12H8F2O3/c13-7-4-9-8(10(14)5-7)2-1-6(12(9)17)3-11(15)16/h3-5H,1-2H2,(H,15,16). The number of carboxylic acid groups (broad SMARTS) is 1. The van der Waals surface area contributed by atoms with Crippen molar-refractivity contribution in [2.45, 2.75) is 12.8 Å². The first-order valence-electron chi connectivity index (χ1n) is 4.95. The summed E-state index contributed by atoms with van der Waals surface area (Å²) in [7, 11) is 0. The third kappa shape index (κ3) is 2.08. The molecule has 17 heavy (non-hydrogen) atoms. The summed E-state index contributed by atoms with van der Waals surface area (Å²) in [5.41, 5.74) is 0.134. The number of aliphatic carboxylic acids is 1. The van der Waals surface area contributed by atoms with Gasteiger partial charge in [-0.15, -0.1) is 0 Å². The lowest BCUT2D eigenvalue weighted by Gasteiger charge is -2.17. The van der Waals surface area contributed by atoms with Gasteiger partial charge in [-0.05, 0) is 24.5 Å². The summed E-state index contributed by atoms with van der Waals surface area (Å²) < 4.78 is 26.4. The molecule has 1 aliphatic rings. The predicted molar refractivity (Wildman–Crippen MR) is 54.7 cm³/mol. The molecule has 0 bridgehead atoms. The zero-order chi connectivity index (χ0) is 12.6. The Hall–Kier alpha value is -2.04. The summed E-state index contributed by atoms with van der Waals surface area (Å²) in [5.74, 6) is -3.46. The minimum absolute atomic E-state index is 0.0648. The van der Waals surface area contributed by atoms with E-state index in [0.717, 1.165) is 18.2 Å². The van der Waals surface area contributed by atoms with Crippen molar-refractivity contribution in [3.63, 3.8) is 0 Å². The summed E-state index contributed by atoms with van der Waals surface area (Å²) in [4.78, 5) is 22.3. The van der Waals surface area contributed by atoms with Crippen LogP contribution in [0.15, 0.2) is 23.8 Å². The largest absolute Gasteiger partial charge is 0.478 e. The van der Waals surface area contributed by atoms with Crippen molar-refractivity contribution >= 4 is 11.8 Å². The highest BCUT2D eigenvalue weighted by molar-refractivity contribution is 6.12. The number of rotatable bonds is 1. The van der Waals surface area contributed by atoms with Gasteiger partial charge < -0.3 is 5.11 Å².